The molecule has 4 rings (SSSR count). The minimum atomic E-state index is 0.885. The Morgan fingerprint density at radius 2 is 1.95 bits per heavy atom. The maximum Gasteiger partial charge on any atom is 0.364 e. The highest BCUT2D eigenvalue weighted by Crippen LogP contribution is 2.23. The summed E-state index contributed by atoms with van der Waals surface area (Å²) >= 11 is 1.73. The standard InChI is InChI=1S/C16H12N3S/c1-11-6-8-19(16-13(11)7-9-20-16)15-14-5-3-2-4-12(14)10-17-18-15/h2-10H,1H3/q+1. The summed E-state index contributed by atoms with van der Waals surface area (Å²) in [5.74, 6) is 0.885. The summed E-state index contributed by atoms with van der Waals surface area (Å²) in [5.41, 5.74) is 1.28. The van der Waals surface area contributed by atoms with Crippen LogP contribution in [-0.4, -0.2) is 10.2 Å². The van der Waals surface area contributed by atoms with Crippen molar-refractivity contribution >= 4 is 32.3 Å². The van der Waals surface area contributed by atoms with Crippen LogP contribution in [-0.2, 0) is 0 Å². The van der Waals surface area contributed by atoms with Crippen molar-refractivity contribution in [3.05, 3.63) is 59.7 Å². The SMILES string of the molecule is Cc1cc[n+](-c2nncc3ccccc23)c2sccc12. The molecule has 0 saturated heterocycles. The van der Waals surface area contributed by atoms with Crippen molar-refractivity contribution in [2.75, 3.05) is 0 Å². The highest BCUT2D eigenvalue weighted by Gasteiger charge is 2.18. The number of thiophene rings is 1. The predicted octanol–water partition coefficient (Wildman–Crippen LogP) is 3.43. The molecule has 3 nitrogen and oxygen atoms in total. The Kier molecular flexibility index (Phi) is 2.50. The lowest BCUT2D eigenvalue weighted by Gasteiger charge is -2.02. The summed E-state index contributed by atoms with van der Waals surface area (Å²) in [5, 5.41) is 14.1. The van der Waals surface area contributed by atoms with Gasteiger partial charge in [0.1, 0.15) is 0 Å². The topological polar surface area (TPSA) is 29.7 Å². The summed E-state index contributed by atoms with van der Waals surface area (Å²) in [7, 11) is 0. The number of rotatable bonds is 1. The molecule has 96 valence electrons. The normalized spacial score (nSPS) is 11.2. The van der Waals surface area contributed by atoms with Crippen LogP contribution in [0.4, 0.5) is 0 Å². The number of hydrogen-bond donors (Lipinski definition) is 0. The molecule has 20 heavy (non-hydrogen) atoms. The van der Waals surface area contributed by atoms with Crippen LogP contribution in [0.25, 0.3) is 26.8 Å². The lowest BCUT2D eigenvalue weighted by atomic mass is 10.2. The maximum absolute atomic E-state index is 4.36. The molecule has 0 N–H and O–H groups in total. The van der Waals surface area contributed by atoms with Crippen molar-refractivity contribution in [2.45, 2.75) is 6.92 Å². The third kappa shape index (κ3) is 1.62. The van der Waals surface area contributed by atoms with Crippen LogP contribution in [0.15, 0.2) is 54.2 Å². The number of pyridine rings is 1. The van der Waals surface area contributed by atoms with Crippen molar-refractivity contribution in [2.24, 2.45) is 0 Å². The molecule has 0 amide bonds. The molecule has 0 saturated carbocycles. The van der Waals surface area contributed by atoms with Gasteiger partial charge in [0.2, 0.25) is 0 Å². The van der Waals surface area contributed by atoms with Crippen LogP contribution in [0.2, 0.25) is 0 Å². The zero-order valence-corrected chi connectivity index (χ0v) is 11.8. The van der Waals surface area contributed by atoms with Crippen molar-refractivity contribution in [3.63, 3.8) is 0 Å². The Balaban J connectivity index is 2.12. The minimum Gasteiger partial charge on any atom is -0.184 e. The highest BCUT2D eigenvalue weighted by atomic mass is 32.1. The fourth-order valence-electron chi connectivity index (χ4n) is 2.49. The fourth-order valence-corrected chi connectivity index (χ4v) is 3.44. The van der Waals surface area contributed by atoms with Crippen LogP contribution in [0, 0.1) is 6.92 Å². The molecule has 0 radical (unpaired) electrons. The minimum absolute atomic E-state index is 0.885. The third-order valence-corrected chi connectivity index (χ3v) is 4.45. The molecule has 1 aromatic carbocycles. The number of aromatic nitrogens is 3. The molecule has 0 aliphatic heterocycles. The largest absolute Gasteiger partial charge is 0.364 e. The van der Waals surface area contributed by atoms with Gasteiger partial charge in [0.05, 0.1) is 22.9 Å². The van der Waals surface area contributed by atoms with E-state index in [0.717, 1.165) is 16.6 Å². The number of hydrogen-bond acceptors (Lipinski definition) is 3. The Morgan fingerprint density at radius 3 is 2.90 bits per heavy atom. The second-order valence-electron chi connectivity index (χ2n) is 4.76. The van der Waals surface area contributed by atoms with Gasteiger partial charge in [-0.25, -0.2) is 0 Å². The second-order valence-corrected chi connectivity index (χ2v) is 5.66. The van der Waals surface area contributed by atoms with Crippen molar-refractivity contribution in [1.29, 1.82) is 0 Å². The molecule has 0 fully saturated rings. The molecule has 0 atom stereocenters. The van der Waals surface area contributed by atoms with Gasteiger partial charge in [-0.15, -0.1) is 11.3 Å². The predicted molar refractivity (Wildman–Crippen MR) is 81.2 cm³/mol. The summed E-state index contributed by atoms with van der Waals surface area (Å²) < 4.78 is 2.13. The fraction of sp³-hybridized carbons (Fsp3) is 0.0625. The summed E-state index contributed by atoms with van der Waals surface area (Å²) in [6, 6.07) is 12.5. The summed E-state index contributed by atoms with van der Waals surface area (Å²) in [4.78, 5) is 1.20. The highest BCUT2D eigenvalue weighted by molar-refractivity contribution is 7.16. The van der Waals surface area contributed by atoms with E-state index in [1.807, 2.05) is 12.1 Å². The Morgan fingerprint density at radius 1 is 1.05 bits per heavy atom. The van der Waals surface area contributed by atoms with Gasteiger partial charge in [-0.3, -0.25) is 0 Å². The molecular formula is C16H12N3S+. The van der Waals surface area contributed by atoms with E-state index in [-0.39, 0.29) is 0 Å². The number of nitrogens with zero attached hydrogens (tertiary/aromatic N) is 3. The third-order valence-electron chi connectivity index (χ3n) is 3.54. The Hall–Kier alpha value is -2.33. The van der Waals surface area contributed by atoms with E-state index >= 15 is 0 Å². The maximum atomic E-state index is 4.36. The van der Waals surface area contributed by atoms with E-state index in [4.69, 9.17) is 0 Å². The Labute approximate surface area is 120 Å². The van der Waals surface area contributed by atoms with Crippen molar-refractivity contribution in [1.82, 2.24) is 10.2 Å². The van der Waals surface area contributed by atoms with Gasteiger partial charge in [0.25, 0.3) is 0 Å². The lowest BCUT2D eigenvalue weighted by molar-refractivity contribution is -0.567. The average Bonchev–Trinajstić information content (AvgIpc) is 2.98. The van der Waals surface area contributed by atoms with E-state index in [2.05, 4.69) is 57.5 Å². The van der Waals surface area contributed by atoms with Gasteiger partial charge in [0, 0.05) is 10.8 Å². The monoisotopic (exact) mass is 278 g/mol. The first-order chi connectivity index (χ1) is 9.84. The van der Waals surface area contributed by atoms with Gasteiger partial charge < -0.3 is 0 Å². The molecule has 0 aliphatic carbocycles. The molecule has 0 aliphatic rings. The molecule has 4 heteroatoms. The van der Waals surface area contributed by atoms with Crippen LogP contribution in [0.1, 0.15) is 5.56 Å². The first-order valence-electron chi connectivity index (χ1n) is 6.44. The molecule has 0 spiro atoms. The van der Waals surface area contributed by atoms with E-state index < -0.39 is 0 Å². The average molecular weight is 278 g/mol. The Bertz CT molecular complexity index is 922. The smallest absolute Gasteiger partial charge is 0.184 e. The molecular weight excluding hydrogens is 266 g/mol. The van der Waals surface area contributed by atoms with Gasteiger partial charge in [-0.05, 0) is 41.2 Å². The van der Waals surface area contributed by atoms with E-state index in [1.165, 1.54) is 15.8 Å². The summed E-state index contributed by atoms with van der Waals surface area (Å²) in [6.45, 7) is 2.13. The van der Waals surface area contributed by atoms with Crippen molar-refractivity contribution in [3.8, 4) is 5.82 Å². The first-order valence-corrected chi connectivity index (χ1v) is 7.32. The van der Waals surface area contributed by atoms with Gasteiger partial charge in [-0.2, -0.15) is 4.57 Å². The molecule has 3 aromatic heterocycles. The number of fused-ring (bicyclic) bond motifs is 2. The van der Waals surface area contributed by atoms with Gasteiger partial charge in [-0.1, -0.05) is 18.2 Å². The molecule has 0 unspecified atom stereocenters. The van der Waals surface area contributed by atoms with Crippen LogP contribution < -0.4 is 4.57 Å². The molecule has 4 aromatic rings. The first kappa shape index (κ1) is 11.5. The van der Waals surface area contributed by atoms with Crippen LogP contribution in [0.5, 0.6) is 0 Å². The van der Waals surface area contributed by atoms with Crippen LogP contribution >= 0.6 is 11.3 Å². The molecule has 0 bridgehead atoms. The van der Waals surface area contributed by atoms with E-state index in [9.17, 15) is 0 Å². The quantitative estimate of drug-likeness (QED) is 0.499. The number of benzene rings is 1. The van der Waals surface area contributed by atoms with E-state index in [0.29, 0.717) is 0 Å². The summed E-state index contributed by atoms with van der Waals surface area (Å²) in [6.07, 6.45) is 3.88. The lowest BCUT2D eigenvalue weighted by Crippen LogP contribution is -2.32. The zero-order valence-electron chi connectivity index (χ0n) is 10.9. The second kappa shape index (κ2) is 4.35. The van der Waals surface area contributed by atoms with Gasteiger partial charge >= 0.3 is 5.82 Å². The zero-order chi connectivity index (χ0) is 13.5. The van der Waals surface area contributed by atoms with Gasteiger partial charge in [0.15, 0.2) is 4.83 Å². The van der Waals surface area contributed by atoms with E-state index in [1.54, 1.807) is 17.5 Å². The number of aryl methyl sites for hydroxylation is 1. The van der Waals surface area contributed by atoms with Crippen molar-refractivity contribution < 1.29 is 4.57 Å². The molecule has 3 heterocycles. The van der Waals surface area contributed by atoms with Crippen LogP contribution in [0.3, 0.4) is 0 Å².